The number of nitrogens with two attached hydrogens (primary N) is 1. The standard InChI is InChI=1S/C14H30N2/c1-4-12(5-2)11-16-8-7-13(6-3)9-14(16)10-15/h12-14H,4-11,15H2,1-3H3. The van der Waals surface area contributed by atoms with Crippen LogP contribution in [0.4, 0.5) is 0 Å². The van der Waals surface area contributed by atoms with E-state index >= 15 is 0 Å². The maximum absolute atomic E-state index is 5.93. The van der Waals surface area contributed by atoms with Gasteiger partial charge in [-0.05, 0) is 31.2 Å². The molecule has 1 heterocycles. The van der Waals surface area contributed by atoms with E-state index in [0.29, 0.717) is 6.04 Å². The molecule has 2 N–H and O–H groups in total. The lowest BCUT2D eigenvalue weighted by molar-refractivity contribution is 0.0947. The largest absolute Gasteiger partial charge is 0.329 e. The molecule has 0 aromatic heterocycles. The summed E-state index contributed by atoms with van der Waals surface area (Å²) < 4.78 is 0. The van der Waals surface area contributed by atoms with Gasteiger partial charge in [-0.2, -0.15) is 0 Å². The van der Waals surface area contributed by atoms with Crippen LogP contribution in [0, 0.1) is 11.8 Å². The molecule has 1 aliphatic heterocycles. The summed E-state index contributed by atoms with van der Waals surface area (Å²) in [6.07, 6.45) is 6.65. The lowest BCUT2D eigenvalue weighted by atomic mass is 9.88. The Hall–Kier alpha value is -0.0800. The van der Waals surface area contributed by atoms with Gasteiger partial charge in [-0.1, -0.05) is 40.0 Å². The monoisotopic (exact) mass is 226 g/mol. The molecule has 1 aliphatic rings. The molecule has 0 radical (unpaired) electrons. The zero-order chi connectivity index (χ0) is 12.0. The molecule has 1 saturated heterocycles. The van der Waals surface area contributed by atoms with E-state index in [1.165, 1.54) is 45.2 Å². The topological polar surface area (TPSA) is 29.3 Å². The van der Waals surface area contributed by atoms with Crippen LogP contribution in [0.25, 0.3) is 0 Å². The molecule has 2 atom stereocenters. The number of hydrogen-bond donors (Lipinski definition) is 1. The minimum atomic E-state index is 0.652. The summed E-state index contributed by atoms with van der Waals surface area (Å²) in [5, 5.41) is 0. The van der Waals surface area contributed by atoms with Crippen LogP contribution in [-0.2, 0) is 0 Å². The third-order valence-corrected chi connectivity index (χ3v) is 4.44. The first kappa shape index (κ1) is 14.0. The van der Waals surface area contributed by atoms with Crippen molar-refractivity contribution in [2.24, 2.45) is 17.6 Å². The number of rotatable bonds is 6. The first-order valence-corrected chi connectivity index (χ1v) is 7.19. The summed E-state index contributed by atoms with van der Waals surface area (Å²) in [6.45, 7) is 10.3. The first-order valence-electron chi connectivity index (χ1n) is 7.19. The molecule has 16 heavy (non-hydrogen) atoms. The highest BCUT2D eigenvalue weighted by atomic mass is 15.2. The van der Waals surface area contributed by atoms with E-state index in [2.05, 4.69) is 25.7 Å². The fourth-order valence-corrected chi connectivity index (χ4v) is 2.92. The molecule has 0 aromatic rings. The van der Waals surface area contributed by atoms with Gasteiger partial charge in [0.15, 0.2) is 0 Å². The molecular weight excluding hydrogens is 196 g/mol. The van der Waals surface area contributed by atoms with E-state index in [9.17, 15) is 0 Å². The van der Waals surface area contributed by atoms with Crippen LogP contribution in [0.15, 0.2) is 0 Å². The second-order valence-corrected chi connectivity index (χ2v) is 5.37. The van der Waals surface area contributed by atoms with Gasteiger partial charge in [-0.15, -0.1) is 0 Å². The molecule has 0 aliphatic carbocycles. The summed E-state index contributed by atoms with van der Waals surface area (Å²) in [5.74, 6) is 1.79. The maximum Gasteiger partial charge on any atom is 0.0221 e. The molecule has 0 saturated carbocycles. The Morgan fingerprint density at radius 3 is 2.44 bits per heavy atom. The Morgan fingerprint density at radius 2 is 1.94 bits per heavy atom. The smallest absolute Gasteiger partial charge is 0.0221 e. The lowest BCUT2D eigenvalue weighted by Crippen LogP contribution is -2.48. The Bertz CT molecular complexity index is 178. The van der Waals surface area contributed by atoms with Crippen molar-refractivity contribution >= 4 is 0 Å². The van der Waals surface area contributed by atoms with Crippen molar-refractivity contribution in [1.29, 1.82) is 0 Å². The van der Waals surface area contributed by atoms with Gasteiger partial charge in [-0.3, -0.25) is 4.90 Å². The van der Waals surface area contributed by atoms with Gasteiger partial charge in [0, 0.05) is 19.1 Å². The lowest BCUT2D eigenvalue weighted by Gasteiger charge is -2.40. The third-order valence-electron chi connectivity index (χ3n) is 4.44. The van der Waals surface area contributed by atoms with Crippen LogP contribution in [-0.4, -0.2) is 30.6 Å². The molecule has 2 unspecified atom stereocenters. The molecule has 0 spiro atoms. The fraction of sp³-hybridized carbons (Fsp3) is 1.00. The van der Waals surface area contributed by atoms with Crippen LogP contribution in [0.3, 0.4) is 0 Å². The van der Waals surface area contributed by atoms with Crippen LogP contribution in [0.5, 0.6) is 0 Å². The van der Waals surface area contributed by atoms with E-state index in [-0.39, 0.29) is 0 Å². The van der Waals surface area contributed by atoms with Crippen molar-refractivity contribution in [3.05, 3.63) is 0 Å². The molecule has 0 bridgehead atoms. The van der Waals surface area contributed by atoms with E-state index < -0.39 is 0 Å². The summed E-state index contributed by atoms with van der Waals surface area (Å²) in [7, 11) is 0. The quantitative estimate of drug-likeness (QED) is 0.754. The van der Waals surface area contributed by atoms with Gasteiger partial charge >= 0.3 is 0 Å². The summed E-state index contributed by atoms with van der Waals surface area (Å²) in [4.78, 5) is 2.66. The molecule has 0 aromatic carbocycles. The highest BCUT2D eigenvalue weighted by molar-refractivity contribution is 4.83. The highest BCUT2D eigenvalue weighted by Gasteiger charge is 2.27. The summed E-state index contributed by atoms with van der Waals surface area (Å²) in [5.41, 5.74) is 5.93. The molecule has 1 rings (SSSR count). The number of hydrogen-bond acceptors (Lipinski definition) is 2. The van der Waals surface area contributed by atoms with Crippen LogP contribution in [0.1, 0.15) is 52.9 Å². The number of likely N-dealkylation sites (tertiary alicyclic amines) is 1. The van der Waals surface area contributed by atoms with Gasteiger partial charge < -0.3 is 5.73 Å². The van der Waals surface area contributed by atoms with E-state index in [1.807, 2.05) is 0 Å². The second-order valence-electron chi connectivity index (χ2n) is 5.37. The molecule has 1 fully saturated rings. The molecule has 96 valence electrons. The van der Waals surface area contributed by atoms with Gasteiger partial charge in [0.1, 0.15) is 0 Å². The van der Waals surface area contributed by atoms with Crippen LogP contribution >= 0.6 is 0 Å². The van der Waals surface area contributed by atoms with Gasteiger partial charge in [0.2, 0.25) is 0 Å². The zero-order valence-corrected chi connectivity index (χ0v) is 11.4. The number of nitrogens with zero attached hydrogens (tertiary/aromatic N) is 1. The highest BCUT2D eigenvalue weighted by Crippen LogP contribution is 2.26. The van der Waals surface area contributed by atoms with Crippen molar-refractivity contribution in [2.45, 2.75) is 58.9 Å². The zero-order valence-electron chi connectivity index (χ0n) is 11.4. The van der Waals surface area contributed by atoms with Crippen LogP contribution < -0.4 is 5.73 Å². The van der Waals surface area contributed by atoms with E-state index in [4.69, 9.17) is 5.73 Å². The normalized spacial score (nSPS) is 27.6. The van der Waals surface area contributed by atoms with Gasteiger partial charge in [0.25, 0.3) is 0 Å². The Morgan fingerprint density at radius 1 is 1.25 bits per heavy atom. The van der Waals surface area contributed by atoms with Gasteiger partial charge in [0.05, 0.1) is 0 Å². The third kappa shape index (κ3) is 3.74. The predicted molar refractivity (Wildman–Crippen MR) is 71.5 cm³/mol. The molecule has 2 heteroatoms. The Labute approximate surface area is 102 Å². The van der Waals surface area contributed by atoms with Crippen molar-refractivity contribution in [1.82, 2.24) is 4.90 Å². The molecular formula is C14H30N2. The Kier molecular flexibility index (Phi) is 6.37. The number of piperidine rings is 1. The summed E-state index contributed by atoms with van der Waals surface area (Å²) in [6, 6.07) is 0.652. The van der Waals surface area contributed by atoms with E-state index in [1.54, 1.807) is 0 Å². The molecule has 0 amide bonds. The molecule has 2 nitrogen and oxygen atoms in total. The minimum absolute atomic E-state index is 0.652. The maximum atomic E-state index is 5.93. The predicted octanol–water partition coefficient (Wildman–Crippen LogP) is 2.87. The van der Waals surface area contributed by atoms with Crippen molar-refractivity contribution in [3.8, 4) is 0 Å². The average Bonchev–Trinajstić information content (AvgIpc) is 2.35. The van der Waals surface area contributed by atoms with Crippen molar-refractivity contribution in [3.63, 3.8) is 0 Å². The van der Waals surface area contributed by atoms with Gasteiger partial charge in [-0.25, -0.2) is 0 Å². The minimum Gasteiger partial charge on any atom is -0.329 e. The van der Waals surface area contributed by atoms with Crippen molar-refractivity contribution < 1.29 is 0 Å². The van der Waals surface area contributed by atoms with E-state index in [0.717, 1.165) is 18.4 Å². The second kappa shape index (κ2) is 7.29. The summed E-state index contributed by atoms with van der Waals surface area (Å²) >= 11 is 0. The van der Waals surface area contributed by atoms with Crippen molar-refractivity contribution in [2.75, 3.05) is 19.6 Å². The average molecular weight is 226 g/mol. The SMILES string of the molecule is CCC1CCN(CC(CC)CC)C(CN)C1. The van der Waals surface area contributed by atoms with Crippen LogP contribution in [0.2, 0.25) is 0 Å². The fourth-order valence-electron chi connectivity index (χ4n) is 2.92. The first-order chi connectivity index (χ1) is 7.74. The Balaban J connectivity index is 2.46.